The molecule has 2 fully saturated rings. The van der Waals surface area contributed by atoms with Crippen LogP contribution >= 0.6 is 0 Å². The number of hydrogen-bond acceptors (Lipinski definition) is 3. The van der Waals surface area contributed by atoms with Crippen molar-refractivity contribution in [2.45, 2.75) is 63.8 Å². The molecule has 0 aromatic heterocycles. The lowest BCUT2D eigenvalue weighted by Gasteiger charge is -2.21. The molecule has 1 heterocycles. The van der Waals surface area contributed by atoms with Gasteiger partial charge in [-0.05, 0) is 32.1 Å². The molecule has 2 rings (SSSR count). The van der Waals surface area contributed by atoms with Gasteiger partial charge in [-0.25, -0.2) is 4.79 Å². The topological polar surface area (TPSA) is 38.8 Å². The number of carbonyl (C=O) groups excluding carboxylic acids is 1. The van der Waals surface area contributed by atoms with E-state index in [4.69, 9.17) is 9.47 Å². The van der Waals surface area contributed by atoms with Crippen LogP contribution in [0.4, 0.5) is 0 Å². The first-order valence-corrected chi connectivity index (χ1v) is 5.67. The highest BCUT2D eigenvalue weighted by Gasteiger charge is 2.45. The molecule has 3 heteroatoms. The number of epoxide rings is 1. The van der Waals surface area contributed by atoms with Crippen molar-refractivity contribution in [2.24, 2.45) is 0 Å². The van der Waals surface area contributed by atoms with Crippen molar-refractivity contribution in [1.29, 1.82) is 0 Å². The quantitative estimate of drug-likeness (QED) is 0.514. The first-order chi connectivity index (χ1) is 6.81. The molecule has 1 aliphatic carbocycles. The summed E-state index contributed by atoms with van der Waals surface area (Å²) in [6.45, 7) is 2.03. The summed E-state index contributed by atoms with van der Waals surface area (Å²) in [4.78, 5) is 11.5. The summed E-state index contributed by atoms with van der Waals surface area (Å²) in [6, 6.07) is 0. The normalized spacial score (nSPS) is 32.6. The van der Waals surface area contributed by atoms with Crippen LogP contribution in [0, 0.1) is 0 Å². The Hall–Kier alpha value is -0.570. The van der Waals surface area contributed by atoms with Crippen LogP contribution in [0.1, 0.15) is 45.4 Å². The van der Waals surface area contributed by atoms with E-state index in [2.05, 4.69) is 0 Å². The summed E-state index contributed by atoms with van der Waals surface area (Å²) < 4.78 is 10.6. The standard InChI is InChI=1S/C11H18O3/c1-2-9-10(14-9)11(12)13-8-6-4-3-5-7-8/h8-10H,2-7H2,1H3. The van der Waals surface area contributed by atoms with E-state index < -0.39 is 0 Å². The Morgan fingerprint density at radius 3 is 2.64 bits per heavy atom. The summed E-state index contributed by atoms with van der Waals surface area (Å²) in [5.74, 6) is -0.135. The van der Waals surface area contributed by atoms with Crippen molar-refractivity contribution in [1.82, 2.24) is 0 Å². The minimum absolute atomic E-state index is 0.131. The molecular weight excluding hydrogens is 180 g/mol. The van der Waals surface area contributed by atoms with Gasteiger partial charge in [0.15, 0.2) is 6.10 Å². The summed E-state index contributed by atoms with van der Waals surface area (Å²) in [7, 11) is 0. The van der Waals surface area contributed by atoms with Crippen molar-refractivity contribution in [3.63, 3.8) is 0 Å². The number of rotatable bonds is 3. The summed E-state index contributed by atoms with van der Waals surface area (Å²) in [5, 5.41) is 0. The van der Waals surface area contributed by atoms with Gasteiger partial charge >= 0.3 is 5.97 Å². The summed E-state index contributed by atoms with van der Waals surface area (Å²) in [6.07, 6.45) is 6.70. The number of hydrogen-bond donors (Lipinski definition) is 0. The fraction of sp³-hybridized carbons (Fsp3) is 0.909. The summed E-state index contributed by atoms with van der Waals surface area (Å²) >= 11 is 0. The zero-order valence-corrected chi connectivity index (χ0v) is 8.70. The molecule has 2 atom stereocenters. The van der Waals surface area contributed by atoms with Gasteiger partial charge in [0.05, 0.1) is 6.10 Å². The maximum Gasteiger partial charge on any atom is 0.338 e. The third-order valence-electron chi connectivity index (χ3n) is 3.05. The van der Waals surface area contributed by atoms with Gasteiger partial charge in [0.2, 0.25) is 0 Å². The van der Waals surface area contributed by atoms with Crippen molar-refractivity contribution in [2.75, 3.05) is 0 Å². The Kier molecular flexibility index (Phi) is 3.06. The molecule has 2 unspecified atom stereocenters. The van der Waals surface area contributed by atoms with E-state index in [0.29, 0.717) is 0 Å². The number of carbonyl (C=O) groups is 1. The second-order valence-electron chi connectivity index (χ2n) is 4.20. The van der Waals surface area contributed by atoms with Crippen molar-refractivity contribution >= 4 is 5.97 Å². The van der Waals surface area contributed by atoms with Crippen LogP contribution in [0.5, 0.6) is 0 Å². The first kappa shape index (κ1) is 9.97. The van der Waals surface area contributed by atoms with Crippen molar-refractivity contribution < 1.29 is 14.3 Å². The molecule has 0 amide bonds. The fourth-order valence-electron chi connectivity index (χ4n) is 2.07. The van der Waals surface area contributed by atoms with Crippen LogP contribution in [0.25, 0.3) is 0 Å². The molecule has 1 saturated carbocycles. The second kappa shape index (κ2) is 4.30. The largest absolute Gasteiger partial charge is 0.460 e. The van der Waals surface area contributed by atoms with Gasteiger partial charge < -0.3 is 9.47 Å². The molecule has 0 bridgehead atoms. The number of ether oxygens (including phenoxy) is 2. The maximum absolute atomic E-state index is 11.5. The van der Waals surface area contributed by atoms with E-state index in [1.807, 2.05) is 6.92 Å². The maximum atomic E-state index is 11.5. The second-order valence-corrected chi connectivity index (χ2v) is 4.20. The van der Waals surface area contributed by atoms with Crippen LogP contribution in [0.15, 0.2) is 0 Å². The zero-order chi connectivity index (χ0) is 9.97. The Morgan fingerprint density at radius 1 is 1.36 bits per heavy atom. The molecule has 0 spiro atoms. The average molecular weight is 198 g/mol. The lowest BCUT2D eigenvalue weighted by atomic mass is 9.98. The Bertz CT molecular complexity index is 209. The van der Waals surface area contributed by atoms with Crippen molar-refractivity contribution in [3.05, 3.63) is 0 Å². The third-order valence-corrected chi connectivity index (χ3v) is 3.05. The minimum Gasteiger partial charge on any atom is -0.460 e. The predicted molar refractivity (Wildman–Crippen MR) is 51.9 cm³/mol. The lowest BCUT2D eigenvalue weighted by molar-refractivity contribution is -0.152. The fourth-order valence-corrected chi connectivity index (χ4v) is 2.07. The van der Waals surface area contributed by atoms with Crippen LogP contribution in [-0.4, -0.2) is 24.3 Å². The van der Waals surface area contributed by atoms with Gasteiger partial charge in [0.1, 0.15) is 6.10 Å². The number of esters is 1. The van der Waals surface area contributed by atoms with Gasteiger partial charge in [0.25, 0.3) is 0 Å². The Labute approximate surface area is 84.8 Å². The van der Waals surface area contributed by atoms with Gasteiger partial charge in [-0.2, -0.15) is 0 Å². The van der Waals surface area contributed by atoms with Crippen LogP contribution < -0.4 is 0 Å². The molecular formula is C11H18O3. The molecule has 0 aromatic rings. The molecule has 80 valence electrons. The highest BCUT2D eigenvalue weighted by Crippen LogP contribution is 2.28. The molecule has 1 aliphatic heterocycles. The van der Waals surface area contributed by atoms with E-state index >= 15 is 0 Å². The van der Waals surface area contributed by atoms with Crippen LogP contribution in [0.3, 0.4) is 0 Å². The molecule has 1 saturated heterocycles. The molecule has 3 nitrogen and oxygen atoms in total. The SMILES string of the molecule is CCC1OC1C(=O)OC1CCCCC1. The average Bonchev–Trinajstić information content (AvgIpc) is 2.98. The first-order valence-electron chi connectivity index (χ1n) is 5.67. The van der Waals surface area contributed by atoms with Crippen LogP contribution in [-0.2, 0) is 14.3 Å². The Balaban J connectivity index is 1.71. The smallest absolute Gasteiger partial charge is 0.338 e. The molecule has 2 aliphatic rings. The summed E-state index contributed by atoms with van der Waals surface area (Å²) in [5.41, 5.74) is 0. The molecule has 0 aromatic carbocycles. The third kappa shape index (κ3) is 2.27. The van der Waals surface area contributed by atoms with Crippen LogP contribution in [0.2, 0.25) is 0 Å². The highest BCUT2D eigenvalue weighted by molar-refractivity contribution is 5.78. The van der Waals surface area contributed by atoms with Gasteiger partial charge in [-0.15, -0.1) is 0 Å². The van der Waals surface area contributed by atoms with Crippen molar-refractivity contribution in [3.8, 4) is 0 Å². The van der Waals surface area contributed by atoms with Gasteiger partial charge in [0, 0.05) is 0 Å². The van der Waals surface area contributed by atoms with E-state index in [1.54, 1.807) is 0 Å². The Morgan fingerprint density at radius 2 is 2.07 bits per heavy atom. The van der Waals surface area contributed by atoms with E-state index in [-0.39, 0.29) is 24.3 Å². The van der Waals surface area contributed by atoms with Gasteiger partial charge in [-0.3, -0.25) is 0 Å². The molecule has 0 radical (unpaired) electrons. The minimum atomic E-state index is -0.248. The van der Waals surface area contributed by atoms with E-state index in [0.717, 1.165) is 19.3 Å². The highest BCUT2D eigenvalue weighted by atomic mass is 16.6. The van der Waals surface area contributed by atoms with E-state index in [1.165, 1.54) is 19.3 Å². The van der Waals surface area contributed by atoms with E-state index in [9.17, 15) is 4.79 Å². The molecule has 0 N–H and O–H groups in total. The monoisotopic (exact) mass is 198 g/mol. The predicted octanol–water partition coefficient (Wildman–Crippen LogP) is 2.04. The lowest BCUT2D eigenvalue weighted by Crippen LogP contribution is -2.24. The zero-order valence-electron chi connectivity index (χ0n) is 8.70. The molecule has 14 heavy (non-hydrogen) atoms. The van der Waals surface area contributed by atoms with Gasteiger partial charge in [-0.1, -0.05) is 13.3 Å².